The minimum Gasteiger partial charge on any atom is -0.352 e. The third-order valence-electron chi connectivity index (χ3n) is 3.53. The van der Waals surface area contributed by atoms with Gasteiger partial charge < -0.3 is 16.4 Å². The summed E-state index contributed by atoms with van der Waals surface area (Å²) in [6, 6.07) is 6.93. The number of amides is 2. The van der Waals surface area contributed by atoms with E-state index in [0.717, 1.165) is 18.5 Å². The fraction of sp³-hybridized carbons (Fsp3) is 0.467. The van der Waals surface area contributed by atoms with E-state index < -0.39 is 0 Å². The fourth-order valence-corrected chi connectivity index (χ4v) is 2.03. The Kier molecular flexibility index (Phi) is 6.65. The Balaban J connectivity index is 0.00000220. The van der Waals surface area contributed by atoms with Crippen LogP contribution < -0.4 is 16.4 Å². The van der Waals surface area contributed by atoms with Crippen molar-refractivity contribution in [2.24, 2.45) is 17.6 Å². The average molecular weight is 312 g/mol. The Morgan fingerprint density at radius 1 is 1.29 bits per heavy atom. The molecule has 2 atom stereocenters. The SMILES string of the molecule is CC1CC1C(=O)Nc1ccc(C(=O)NCCCN)cc1.Cl. The van der Waals surface area contributed by atoms with Crippen molar-refractivity contribution in [2.45, 2.75) is 19.8 Å². The first-order valence-corrected chi connectivity index (χ1v) is 7.01. The van der Waals surface area contributed by atoms with Crippen LogP contribution in [0.15, 0.2) is 24.3 Å². The largest absolute Gasteiger partial charge is 0.352 e. The smallest absolute Gasteiger partial charge is 0.251 e. The van der Waals surface area contributed by atoms with Crippen LogP contribution in [0, 0.1) is 11.8 Å². The molecule has 0 radical (unpaired) electrons. The van der Waals surface area contributed by atoms with Crippen LogP contribution in [0.2, 0.25) is 0 Å². The Hall–Kier alpha value is -1.59. The zero-order valence-corrected chi connectivity index (χ0v) is 12.9. The summed E-state index contributed by atoms with van der Waals surface area (Å²) in [7, 11) is 0. The van der Waals surface area contributed by atoms with E-state index in [1.807, 2.05) is 0 Å². The highest BCUT2D eigenvalue weighted by Crippen LogP contribution is 2.38. The summed E-state index contributed by atoms with van der Waals surface area (Å²) in [4.78, 5) is 23.6. The zero-order chi connectivity index (χ0) is 14.5. The molecule has 0 spiro atoms. The molecule has 6 heteroatoms. The van der Waals surface area contributed by atoms with Crippen molar-refractivity contribution in [3.8, 4) is 0 Å². The van der Waals surface area contributed by atoms with Crippen LogP contribution in [0.4, 0.5) is 5.69 Å². The topological polar surface area (TPSA) is 84.2 Å². The lowest BCUT2D eigenvalue weighted by Crippen LogP contribution is -2.25. The number of rotatable bonds is 6. The number of hydrogen-bond donors (Lipinski definition) is 3. The van der Waals surface area contributed by atoms with Crippen molar-refractivity contribution in [3.63, 3.8) is 0 Å². The van der Waals surface area contributed by atoms with Crippen molar-refractivity contribution in [2.75, 3.05) is 18.4 Å². The molecule has 0 bridgehead atoms. The Bertz CT molecular complexity index is 490. The average Bonchev–Trinajstić information content (AvgIpc) is 3.17. The lowest BCUT2D eigenvalue weighted by Gasteiger charge is -2.07. The van der Waals surface area contributed by atoms with Gasteiger partial charge in [0.25, 0.3) is 5.91 Å². The molecule has 4 N–H and O–H groups in total. The van der Waals surface area contributed by atoms with Gasteiger partial charge in [0.2, 0.25) is 5.91 Å². The first-order chi connectivity index (χ1) is 9.61. The van der Waals surface area contributed by atoms with Gasteiger partial charge in [0.1, 0.15) is 0 Å². The van der Waals surface area contributed by atoms with Gasteiger partial charge in [-0.15, -0.1) is 12.4 Å². The van der Waals surface area contributed by atoms with Gasteiger partial charge in [-0.3, -0.25) is 9.59 Å². The second-order valence-corrected chi connectivity index (χ2v) is 5.28. The van der Waals surface area contributed by atoms with Crippen molar-refractivity contribution in [1.82, 2.24) is 5.32 Å². The molecule has 1 fully saturated rings. The van der Waals surface area contributed by atoms with E-state index in [1.54, 1.807) is 24.3 Å². The standard InChI is InChI=1S/C15H21N3O2.ClH/c1-10-9-13(10)15(20)18-12-5-3-11(4-6-12)14(19)17-8-2-7-16;/h3-6,10,13H,2,7-9,16H2,1H3,(H,17,19)(H,18,20);1H. The summed E-state index contributed by atoms with van der Waals surface area (Å²) >= 11 is 0. The minimum atomic E-state index is -0.118. The van der Waals surface area contributed by atoms with Crippen molar-refractivity contribution >= 4 is 29.9 Å². The molecule has 21 heavy (non-hydrogen) atoms. The van der Waals surface area contributed by atoms with Gasteiger partial charge >= 0.3 is 0 Å². The molecule has 0 aromatic heterocycles. The predicted molar refractivity (Wildman–Crippen MR) is 85.6 cm³/mol. The molecule has 0 heterocycles. The summed E-state index contributed by atoms with van der Waals surface area (Å²) in [6.45, 7) is 3.21. The summed E-state index contributed by atoms with van der Waals surface area (Å²) in [5.41, 5.74) is 6.68. The van der Waals surface area contributed by atoms with Gasteiger partial charge in [0.15, 0.2) is 0 Å². The molecule has 1 aromatic carbocycles. The first-order valence-electron chi connectivity index (χ1n) is 7.01. The van der Waals surface area contributed by atoms with E-state index in [4.69, 9.17) is 5.73 Å². The number of carbonyl (C=O) groups is 2. The number of halogens is 1. The van der Waals surface area contributed by atoms with Crippen LogP contribution in [0.25, 0.3) is 0 Å². The summed E-state index contributed by atoms with van der Waals surface area (Å²) < 4.78 is 0. The quantitative estimate of drug-likeness (QED) is 0.700. The van der Waals surface area contributed by atoms with E-state index in [-0.39, 0.29) is 30.1 Å². The molecule has 1 aliphatic rings. The zero-order valence-electron chi connectivity index (χ0n) is 12.1. The molecular formula is C15H22ClN3O2. The van der Waals surface area contributed by atoms with Crippen molar-refractivity contribution in [1.29, 1.82) is 0 Å². The highest BCUT2D eigenvalue weighted by Gasteiger charge is 2.38. The lowest BCUT2D eigenvalue weighted by molar-refractivity contribution is -0.117. The maximum atomic E-state index is 11.8. The molecule has 1 aliphatic carbocycles. The summed E-state index contributed by atoms with van der Waals surface area (Å²) in [6.07, 6.45) is 1.73. The monoisotopic (exact) mass is 311 g/mol. The number of nitrogens with two attached hydrogens (primary N) is 1. The lowest BCUT2D eigenvalue weighted by atomic mass is 10.2. The molecule has 2 unspecified atom stereocenters. The Labute approximate surface area is 131 Å². The van der Waals surface area contributed by atoms with Crippen LogP contribution >= 0.6 is 12.4 Å². The number of anilines is 1. The second kappa shape index (κ2) is 8.00. The minimum absolute atomic E-state index is 0. The van der Waals surface area contributed by atoms with Gasteiger partial charge in [0.05, 0.1) is 0 Å². The van der Waals surface area contributed by atoms with Gasteiger partial charge in [-0.2, -0.15) is 0 Å². The molecule has 5 nitrogen and oxygen atoms in total. The van der Waals surface area contributed by atoms with Crippen LogP contribution in [-0.2, 0) is 4.79 Å². The van der Waals surface area contributed by atoms with E-state index in [0.29, 0.717) is 24.6 Å². The van der Waals surface area contributed by atoms with Crippen LogP contribution in [0.1, 0.15) is 30.1 Å². The highest BCUT2D eigenvalue weighted by molar-refractivity contribution is 5.96. The van der Waals surface area contributed by atoms with Gasteiger partial charge in [-0.1, -0.05) is 6.92 Å². The fourth-order valence-electron chi connectivity index (χ4n) is 2.03. The highest BCUT2D eigenvalue weighted by atomic mass is 35.5. The number of hydrogen-bond acceptors (Lipinski definition) is 3. The number of nitrogens with one attached hydrogen (secondary N) is 2. The molecular weight excluding hydrogens is 290 g/mol. The maximum absolute atomic E-state index is 11.8. The molecule has 1 saturated carbocycles. The van der Waals surface area contributed by atoms with Gasteiger partial charge in [-0.25, -0.2) is 0 Å². The van der Waals surface area contributed by atoms with Gasteiger partial charge in [0, 0.05) is 23.7 Å². The van der Waals surface area contributed by atoms with Crippen molar-refractivity contribution < 1.29 is 9.59 Å². The van der Waals surface area contributed by atoms with Crippen LogP contribution in [-0.4, -0.2) is 24.9 Å². The van der Waals surface area contributed by atoms with Crippen LogP contribution in [0.3, 0.4) is 0 Å². The number of benzene rings is 1. The van der Waals surface area contributed by atoms with E-state index in [9.17, 15) is 9.59 Å². The molecule has 1 aromatic rings. The van der Waals surface area contributed by atoms with Gasteiger partial charge in [-0.05, 0) is 49.6 Å². The third kappa shape index (κ3) is 5.02. The molecule has 0 aliphatic heterocycles. The molecule has 0 saturated heterocycles. The first kappa shape index (κ1) is 17.5. The number of carbonyl (C=O) groups excluding carboxylic acids is 2. The summed E-state index contributed by atoms with van der Waals surface area (Å²) in [5.74, 6) is 0.585. The van der Waals surface area contributed by atoms with E-state index >= 15 is 0 Å². The van der Waals surface area contributed by atoms with E-state index in [2.05, 4.69) is 17.6 Å². The van der Waals surface area contributed by atoms with E-state index in [1.165, 1.54) is 0 Å². The Morgan fingerprint density at radius 2 is 1.90 bits per heavy atom. The van der Waals surface area contributed by atoms with Crippen molar-refractivity contribution in [3.05, 3.63) is 29.8 Å². The van der Waals surface area contributed by atoms with Crippen LogP contribution in [0.5, 0.6) is 0 Å². The summed E-state index contributed by atoms with van der Waals surface area (Å²) in [5, 5.41) is 5.65. The third-order valence-corrected chi connectivity index (χ3v) is 3.53. The normalized spacial score (nSPS) is 19.3. The molecule has 2 rings (SSSR count). The molecule has 116 valence electrons. The Morgan fingerprint density at radius 3 is 2.43 bits per heavy atom. The predicted octanol–water partition coefficient (Wildman–Crippen LogP) is 1.78. The maximum Gasteiger partial charge on any atom is 0.251 e. The molecule has 2 amide bonds. The second-order valence-electron chi connectivity index (χ2n) is 5.28.